The lowest BCUT2D eigenvalue weighted by Crippen LogP contribution is -2.55. The lowest BCUT2D eigenvalue weighted by molar-refractivity contribution is 0.0595. The van der Waals surface area contributed by atoms with Crippen LogP contribution in [-0.4, -0.2) is 21.1 Å². The monoisotopic (exact) mass is 428 g/mol. The number of halogens is 1. The van der Waals surface area contributed by atoms with Crippen LogP contribution in [0.5, 0.6) is 0 Å². The van der Waals surface area contributed by atoms with E-state index in [1.807, 2.05) is 0 Å². The molecule has 2 N–H and O–H groups in total. The number of aromatic nitrogens is 2. The van der Waals surface area contributed by atoms with Crippen molar-refractivity contribution >= 4 is 20.6 Å². The van der Waals surface area contributed by atoms with E-state index in [-0.39, 0.29) is 12.8 Å². The third-order valence-electron chi connectivity index (χ3n) is 5.76. The number of unbranched alkanes of at least 4 members (excludes halogenated alkanes) is 2. The number of alkyl halides is 1. The number of aryl methyl sites for hydroxylation is 1. The van der Waals surface area contributed by atoms with Crippen molar-refractivity contribution in [2.75, 3.05) is 0 Å². The topological polar surface area (TPSA) is 64.2 Å². The van der Waals surface area contributed by atoms with Crippen LogP contribution in [0.3, 0.4) is 0 Å². The van der Waals surface area contributed by atoms with Gasteiger partial charge in [-0.2, -0.15) is 0 Å². The first kappa shape index (κ1) is 23.0. The van der Waals surface area contributed by atoms with Gasteiger partial charge in [0.05, 0.1) is 11.2 Å². The molecule has 1 aromatic heterocycles. The van der Waals surface area contributed by atoms with Crippen molar-refractivity contribution < 1.29 is 4.39 Å². The SMILES string of the molecule is CCCCC(CCCC)=Nc1ccc(-c2cnc(C3(N)CC(F)(P)C3)nc2)cc1C. The Morgan fingerprint density at radius 3 is 2.20 bits per heavy atom. The fourth-order valence-electron chi connectivity index (χ4n) is 4.02. The molecule has 3 rings (SSSR count). The number of aliphatic imine (C=N–C) groups is 1. The van der Waals surface area contributed by atoms with Crippen molar-refractivity contribution in [1.29, 1.82) is 0 Å². The number of nitrogens with zero attached hydrogens (tertiary/aromatic N) is 3. The standard InChI is InChI=1S/C24H34FN4P/c1-4-6-8-20(9-7-5-2)29-21-11-10-18(12-17(21)3)19-13-27-22(28-14-19)23(26)15-24(25,30)16-23/h10-14H,4-9,15-16,26,30H2,1-3H3. The molecule has 30 heavy (non-hydrogen) atoms. The maximum absolute atomic E-state index is 13.9. The highest BCUT2D eigenvalue weighted by atomic mass is 31.0. The maximum atomic E-state index is 13.9. The normalized spacial score (nSPS) is 23.1. The average molecular weight is 429 g/mol. The van der Waals surface area contributed by atoms with Gasteiger partial charge in [0.1, 0.15) is 11.2 Å². The second-order valence-electron chi connectivity index (χ2n) is 8.73. The van der Waals surface area contributed by atoms with Crippen LogP contribution in [0.2, 0.25) is 0 Å². The minimum atomic E-state index is -1.29. The summed E-state index contributed by atoms with van der Waals surface area (Å²) in [5.41, 5.74) is 10.9. The Balaban J connectivity index is 1.77. The van der Waals surface area contributed by atoms with Crippen molar-refractivity contribution in [2.24, 2.45) is 10.7 Å². The van der Waals surface area contributed by atoms with Crippen molar-refractivity contribution in [3.63, 3.8) is 0 Å². The fourth-order valence-corrected chi connectivity index (χ4v) is 4.75. The van der Waals surface area contributed by atoms with E-state index in [0.29, 0.717) is 5.82 Å². The van der Waals surface area contributed by atoms with Crippen LogP contribution in [0, 0.1) is 6.92 Å². The van der Waals surface area contributed by atoms with Gasteiger partial charge in [-0.15, -0.1) is 0 Å². The Kier molecular flexibility index (Phi) is 7.36. The lowest BCUT2D eigenvalue weighted by atomic mass is 9.74. The van der Waals surface area contributed by atoms with Crippen LogP contribution in [0.15, 0.2) is 35.6 Å². The summed E-state index contributed by atoms with van der Waals surface area (Å²) in [6.45, 7) is 6.53. The van der Waals surface area contributed by atoms with E-state index < -0.39 is 10.9 Å². The zero-order valence-electron chi connectivity index (χ0n) is 18.4. The van der Waals surface area contributed by atoms with E-state index in [1.165, 1.54) is 31.4 Å². The van der Waals surface area contributed by atoms with Gasteiger partial charge in [0.15, 0.2) is 0 Å². The van der Waals surface area contributed by atoms with Crippen LogP contribution in [0.4, 0.5) is 10.1 Å². The minimum absolute atomic E-state index is 0.230. The molecule has 1 aromatic carbocycles. The van der Waals surface area contributed by atoms with Gasteiger partial charge in [0.25, 0.3) is 0 Å². The molecule has 1 atom stereocenters. The summed E-state index contributed by atoms with van der Waals surface area (Å²) in [6, 6.07) is 6.28. The van der Waals surface area contributed by atoms with E-state index in [1.54, 1.807) is 12.4 Å². The highest BCUT2D eigenvalue weighted by Gasteiger charge is 2.53. The van der Waals surface area contributed by atoms with Gasteiger partial charge in [-0.3, -0.25) is 4.99 Å². The number of rotatable bonds is 9. The quantitative estimate of drug-likeness (QED) is 0.372. The number of hydrogen-bond acceptors (Lipinski definition) is 4. The first-order valence-corrected chi connectivity index (χ1v) is 11.6. The Morgan fingerprint density at radius 1 is 1.10 bits per heavy atom. The summed E-state index contributed by atoms with van der Waals surface area (Å²) >= 11 is 0. The highest BCUT2D eigenvalue weighted by molar-refractivity contribution is 7.18. The summed E-state index contributed by atoms with van der Waals surface area (Å²) in [5, 5.41) is -1.29. The minimum Gasteiger partial charge on any atom is -0.319 e. The predicted molar refractivity (Wildman–Crippen MR) is 127 cm³/mol. The molecule has 1 aliphatic rings. The van der Waals surface area contributed by atoms with Gasteiger partial charge in [-0.25, -0.2) is 14.4 Å². The largest absolute Gasteiger partial charge is 0.319 e. The van der Waals surface area contributed by atoms with Gasteiger partial charge in [0, 0.05) is 36.5 Å². The van der Waals surface area contributed by atoms with Crippen LogP contribution in [0.25, 0.3) is 11.1 Å². The van der Waals surface area contributed by atoms with Gasteiger partial charge in [-0.1, -0.05) is 42.0 Å². The molecule has 0 bridgehead atoms. The highest BCUT2D eigenvalue weighted by Crippen LogP contribution is 2.51. The number of benzene rings is 1. The first-order chi connectivity index (χ1) is 14.3. The molecule has 0 amide bonds. The summed E-state index contributed by atoms with van der Waals surface area (Å²) in [6.07, 6.45) is 10.9. The summed E-state index contributed by atoms with van der Waals surface area (Å²) in [5.74, 6) is 0.511. The van der Waals surface area contributed by atoms with E-state index >= 15 is 0 Å². The summed E-state index contributed by atoms with van der Waals surface area (Å²) in [7, 11) is 2.23. The van der Waals surface area contributed by atoms with Crippen LogP contribution >= 0.6 is 9.24 Å². The smallest absolute Gasteiger partial charge is 0.148 e. The number of hydrogen-bond donors (Lipinski definition) is 1. The summed E-state index contributed by atoms with van der Waals surface area (Å²) < 4.78 is 13.9. The van der Waals surface area contributed by atoms with E-state index in [4.69, 9.17) is 10.7 Å². The molecule has 162 valence electrons. The fraction of sp³-hybridized carbons (Fsp3) is 0.542. The number of nitrogens with two attached hydrogens (primary N) is 1. The van der Waals surface area contributed by atoms with Crippen molar-refractivity contribution in [3.8, 4) is 11.1 Å². The molecular formula is C24H34FN4P. The van der Waals surface area contributed by atoms with E-state index in [9.17, 15) is 4.39 Å². The van der Waals surface area contributed by atoms with Gasteiger partial charge in [0.2, 0.25) is 0 Å². The average Bonchev–Trinajstić information content (AvgIpc) is 2.69. The Hall–Kier alpha value is -1.71. The van der Waals surface area contributed by atoms with Gasteiger partial charge < -0.3 is 5.73 Å². The molecule has 1 saturated carbocycles. The third kappa shape index (κ3) is 5.50. The molecule has 0 aliphatic heterocycles. The molecule has 1 aliphatic carbocycles. The second-order valence-corrected chi connectivity index (χ2v) is 9.76. The molecule has 1 fully saturated rings. The second kappa shape index (κ2) is 9.62. The van der Waals surface area contributed by atoms with Crippen LogP contribution in [-0.2, 0) is 5.54 Å². The Bertz CT molecular complexity index is 875. The van der Waals surface area contributed by atoms with E-state index in [0.717, 1.165) is 35.2 Å². The maximum Gasteiger partial charge on any atom is 0.148 e. The van der Waals surface area contributed by atoms with E-state index in [2.05, 4.69) is 58.2 Å². The third-order valence-corrected chi connectivity index (χ3v) is 6.17. The Labute approximate surface area is 182 Å². The zero-order valence-corrected chi connectivity index (χ0v) is 19.6. The zero-order chi connectivity index (χ0) is 21.8. The van der Waals surface area contributed by atoms with Crippen molar-refractivity contribution in [1.82, 2.24) is 9.97 Å². The molecule has 2 aromatic rings. The molecule has 1 unspecified atom stereocenters. The molecule has 0 saturated heterocycles. The molecule has 4 nitrogen and oxygen atoms in total. The summed E-state index contributed by atoms with van der Waals surface area (Å²) in [4.78, 5) is 13.9. The molecule has 6 heteroatoms. The molecular weight excluding hydrogens is 394 g/mol. The molecule has 1 heterocycles. The Morgan fingerprint density at radius 2 is 1.70 bits per heavy atom. The lowest BCUT2D eigenvalue weighted by Gasteiger charge is -2.46. The molecule has 0 spiro atoms. The van der Waals surface area contributed by atoms with Crippen molar-refractivity contribution in [3.05, 3.63) is 42.0 Å². The predicted octanol–water partition coefficient (Wildman–Crippen LogP) is 6.39. The first-order valence-electron chi connectivity index (χ1n) is 11.0. The van der Waals surface area contributed by atoms with Crippen LogP contribution in [0.1, 0.15) is 76.6 Å². The van der Waals surface area contributed by atoms with Crippen molar-refractivity contribution in [2.45, 2.75) is 83.1 Å². The molecule has 0 radical (unpaired) electrons. The van der Waals surface area contributed by atoms with Gasteiger partial charge >= 0.3 is 0 Å². The van der Waals surface area contributed by atoms with Crippen LogP contribution < -0.4 is 5.73 Å². The van der Waals surface area contributed by atoms with Gasteiger partial charge in [-0.05, 0) is 55.9 Å².